The Hall–Kier alpha value is -8.02. The zero-order valence-electron chi connectivity index (χ0n) is 42.3. The summed E-state index contributed by atoms with van der Waals surface area (Å²) in [5.74, 6) is 1.28. The summed E-state index contributed by atoms with van der Waals surface area (Å²) in [6.45, 7) is 21.6. The summed E-state index contributed by atoms with van der Waals surface area (Å²) >= 11 is 0. The molecule has 2 aliphatic heterocycles. The van der Waals surface area contributed by atoms with Crippen molar-refractivity contribution in [3.05, 3.63) is 166 Å². The van der Waals surface area contributed by atoms with E-state index in [1.807, 2.05) is 12.1 Å². The van der Waals surface area contributed by atoms with Crippen LogP contribution < -0.4 is 5.32 Å². The molecule has 0 saturated heterocycles. The zero-order valence-corrected chi connectivity index (χ0v) is 42.3. The third-order valence-corrected chi connectivity index (χ3v) is 13.3. The fourth-order valence-corrected chi connectivity index (χ4v) is 9.17. The van der Waals surface area contributed by atoms with Crippen LogP contribution in [-0.4, -0.2) is 44.5 Å². The molecule has 8 bridgehead atoms. The quantitative estimate of drug-likeness (QED) is 0.104. The number of benzene rings is 4. The number of hydrogen-bond donors (Lipinski definition) is 3. The van der Waals surface area contributed by atoms with Gasteiger partial charge in [0.1, 0.15) is 0 Å². The number of nitrogens with one attached hydrogen (secondary N) is 3. The van der Waals surface area contributed by atoms with Crippen molar-refractivity contribution in [2.24, 2.45) is 0 Å². The maximum absolute atomic E-state index is 13.4. The van der Waals surface area contributed by atoms with Crippen molar-refractivity contribution in [3.8, 4) is 56.9 Å². The lowest BCUT2D eigenvalue weighted by molar-refractivity contribution is -0.128. The number of rotatable bonds is 8. The third-order valence-electron chi connectivity index (χ3n) is 13.3. The number of H-pyrrole nitrogens is 2. The lowest BCUT2D eigenvalue weighted by atomic mass is 9.86. The van der Waals surface area contributed by atoms with Crippen molar-refractivity contribution < 1.29 is 14.3 Å². The topological polar surface area (TPSA) is 113 Å². The molecule has 7 aromatic rings. The van der Waals surface area contributed by atoms with Crippen molar-refractivity contribution in [1.82, 2.24) is 25.3 Å². The average Bonchev–Trinajstić information content (AvgIpc) is 4.19. The molecular weight excluding hydrogens is 875 g/mol. The fourth-order valence-electron chi connectivity index (χ4n) is 9.17. The van der Waals surface area contributed by atoms with E-state index in [0.29, 0.717) is 5.56 Å². The molecule has 356 valence electrons. The summed E-state index contributed by atoms with van der Waals surface area (Å²) in [5.41, 5.74) is 18.4. The highest BCUT2D eigenvalue weighted by Crippen LogP contribution is 2.40. The molecular formula is C63H61N5O3. The van der Waals surface area contributed by atoms with Gasteiger partial charge in [0.05, 0.1) is 34.9 Å². The number of fused-ring (bicyclic) bond motifs is 8. The van der Waals surface area contributed by atoms with Gasteiger partial charge in [0, 0.05) is 44.3 Å². The third kappa shape index (κ3) is 9.91. The molecule has 0 fully saturated rings. The largest absolute Gasteiger partial charge is 0.449 e. The van der Waals surface area contributed by atoms with E-state index in [4.69, 9.17) is 21.1 Å². The van der Waals surface area contributed by atoms with Gasteiger partial charge in [-0.3, -0.25) is 4.79 Å². The number of aromatic nitrogens is 4. The van der Waals surface area contributed by atoms with Crippen molar-refractivity contribution in [2.45, 2.75) is 91.6 Å². The van der Waals surface area contributed by atoms with Gasteiger partial charge in [0.2, 0.25) is 0 Å². The summed E-state index contributed by atoms with van der Waals surface area (Å²) in [4.78, 5) is 44.5. The first-order valence-corrected chi connectivity index (χ1v) is 24.3. The summed E-state index contributed by atoms with van der Waals surface area (Å²) in [6.07, 6.45) is 12.7. The highest BCUT2D eigenvalue weighted by molar-refractivity contribution is 6.00. The first-order chi connectivity index (χ1) is 33.8. The fraction of sp³-hybridized carbons (Fsp3) is 0.238. The van der Waals surface area contributed by atoms with E-state index in [9.17, 15) is 9.59 Å². The molecule has 1 amide bonds. The minimum atomic E-state index is -1.03. The standard InChI is InChI=1S/C63H61N5O3/c1-12-37-64-59(69)38(2)71-60(70)43-15-13-39(14-16-43)55-47-29-31-49(65-47)56(40-17-23-44(24-18-40)61(3,4)5)51-33-35-53(67-51)58(42-21-27-46(28-22-42)63(9,10)11)54-36-34-52(68-54)57(50-32-30-48(55)66-50)41-19-25-45(26-20-41)62(6,7)8/h1,13-36,38,65,68H,37H2,2-11H3,(H,64,69)/t38-/m0/s1. The summed E-state index contributed by atoms with van der Waals surface area (Å²) < 4.78 is 5.53. The van der Waals surface area contributed by atoms with Crippen LogP contribution in [0.2, 0.25) is 0 Å². The second-order valence-corrected chi connectivity index (χ2v) is 21.5. The first kappa shape index (κ1) is 48.0. The molecule has 3 aromatic heterocycles. The van der Waals surface area contributed by atoms with Crippen molar-refractivity contribution in [3.63, 3.8) is 0 Å². The minimum absolute atomic E-state index is 0.00883. The molecule has 0 spiro atoms. The molecule has 9 rings (SSSR count). The Morgan fingerprint density at radius 3 is 1.08 bits per heavy atom. The molecule has 0 unspecified atom stereocenters. The van der Waals surface area contributed by atoms with Crippen LogP contribution in [0.4, 0.5) is 0 Å². The summed E-state index contributed by atoms with van der Waals surface area (Å²) in [7, 11) is 0. The van der Waals surface area contributed by atoms with Crippen LogP contribution in [0.1, 0.15) is 119 Å². The Kier molecular flexibility index (Phi) is 12.7. The first-order valence-electron chi connectivity index (χ1n) is 24.3. The second kappa shape index (κ2) is 18.7. The Morgan fingerprint density at radius 2 is 0.803 bits per heavy atom. The Morgan fingerprint density at radius 1 is 0.507 bits per heavy atom. The van der Waals surface area contributed by atoms with Gasteiger partial charge in [0.25, 0.3) is 5.91 Å². The molecule has 1 atom stereocenters. The Labute approximate surface area is 417 Å². The monoisotopic (exact) mass is 935 g/mol. The van der Waals surface area contributed by atoms with Crippen molar-refractivity contribution >= 4 is 58.2 Å². The summed E-state index contributed by atoms with van der Waals surface area (Å²) in [6, 6.07) is 42.2. The van der Waals surface area contributed by atoms with Crippen LogP contribution in [0, 0.1) is 12.3 Å². The second-order valence-electron chi connectivity index (χ2n) is 21.5. The van der Waals surface area contributed by atoms with E-state index >= 15 is 0 Å². The zero-order chi connectivity index (χ0) is 50.4. The van der Waals surface area contributed by atoms with Crippen LogP contribution in [0.5, 0.6) is 0 Å². The number of terminal acetylenes is 1. The van der Waals surface area contributed by atoms with Crippen LogP contribution in [0.15, 0.2) is 121 Å². The van der Waals surface area contributed by atoms with Gasteiger partial charge >= 0.3 is 5.97 Å². The number of amides is 1. The van der Waals surface area contributed by atoms with Gasteiger partial charge in [0.15, 0.2) is 6.10 Å². The van der Waals surface area contributed by atoms with E-state index in [2.05, 4.69) is 205 Å². The predicted molar refractivity (Wildman–Crippen MR) is 293 cm³/mol. The van der Waals surface area contributed by atoms with E-state index in [1.165, 1.54) is 23.6 Å². The van der Waals surface area contributed by atoms with Crippen LogP contribution in [-0.2, 0) is 25.8 Å². The molecule has 2 aliphatic rings. The molecule has 0 saturated carbocycles. The smallest absolute Gasteiger partial charge is 0.338 e. The van der Waals surface area contributed by atoms with Crippen molar-refractivity contribution in [2.75, 3.05) is 6.54 Å². The molecule has 0 radical (unpaired) electrons. The van der Waals surface area contributed by atoms with Gasteiger partial charge in [-0.15, -0.1) is 6.42 Å². The van der Waals surface area contributed by atoms with Gasteiger partial charge in [-0.25, -0.2) is 14.8 Å². The number of carbonyl (C=O) groups excluding carboxylic acids is 2. The lowest BCUT2D eigenvalue weighted by Crippen LogP contribution is -2.36. The number of ether oxygens (including phenoxy) is 1. The van der Waals surface area contributed by atoms with Gasteiger partial charge in [-0.1, -0.05) is 153 Å². The van der Waals surface area contributed by atoms with Crippen LogP contribution in [0.25, 0.3) is 90.9 Å². The molecule has 5 heterocycles. The highest BCUT2D eigenvalue weighted by Gasteiger charge is 2.23. The van der Waals surface area contributed by atoms with E-state index in [0.717, 1.165) is 89.4 Å². The molecule has 8 heteroatoms. The predicted octanol–water partition coefficient (Wildman–Crippen LogP) is 14.5. The molecule has 3 N–H and O–H groups in total. The van der Waals surface area contributed by atoms with Crippen molar-refractivity contribution in [1.29, 1.82) is 0 Å². The average molecular weight is 936 g/mol. The maximum Gasteiger partial charge on any atom is 0.338 e. The van der Waals surface area contributed by atoms with Crippen LogP contribution in [0.3, 0.4) is 0 Å². The SMILES string of the molecule is C#CCNC(=O)[C@H](C)OC(=O)c1ccc(-c2c3nc(c(-c4ccc(C(C)(C)C)cc4)c4ccc([nH]4)c(-c4ccc(C(C)(C)C)cc4)c4nc(c(-c5ccc(C(C)(C)C)cc5)c5ccc2[nH]5)C=C4)C=C3)cc1. The van der Waals surface area contributed by atoms with Gasteiger partial charge < -0.3 is 20.0 Å². The maximum atomic E-state index is 13.4. The number of nitrogens with zero attached hydrogens (tertiary/aromatic N) is 2. The molecule has 0 aliphatic carbocycles. The molecule has 4 aromatic carbocycles. The minimum Gasteiger partial charge on any atom is -0.449 e. The number of carbonyl (C=O) groups is 2. The number of aromatic amines is 2. The molecule has 71 heavy (non-hydrogen) atoms. The Balaban J connectivity index is 1.34. The lowest BCUT2D eigenvalue weighted by Gasteiger charge is -2.19. The normalized spacial score (nSPS) is 12.9. The number of hydrogen-bond acceptors (Lipinski definition) is 5. The number of esters is 1. The van der Waals surface area contributed by atoms with E-state index in [-0.39, 0.29) is 22.8 Å². The summed E-state index contributed by atoms with van der Waals surface area (Å²) in [5, 5.41) is 2.57. The van der Waals surface area contributed by atoms with Gasteiger partial charge in [-0.05, 0) is 123 Å². The van der Waals surface area contributed by atoms with Gasteiger partial charge in [-0.2, -0.15) is 0 Å². The van der Waals surface area contributed by atoms with E-state index < -0.39 is 18.0 Å². The van der Waals surface area contributed by atoms with Crippen LogP contribution >= 0.6 is 0 Å². The Bertz CT molecular complexity index is 3410. The molecule has 8 nitrogen and oxygen atoms in total. The van der Waals surface area contributed by atoms with E-state index in [1.54, 1.807) is 12.1 Å². The highest BCUT2D eigenvalue weighted by atomic mass is 16.5.